The van der Waals surface area contributed by atoms with Gasteiger partial charge in [-0.05, 0) is 49.2 Å². The van der Waals surface area contributed by atoms with Gasteiger partial charge in [-0.25, -0.2) is 15.0 Å². The van der Waals surface area contributed by atoms with Crippen LogP contribution < -0.4 is 19.7 Å². The van der Waals surface area contributed by atoms with Gasteiger partial charge in [0.2, 0.25) is 5.95 Å². The van der Waals surface area contributed by atoms with Crippen LogP contribution in [-0.4, -0.2) is 46.0 Å². The molecule has 1 N–H and O–H groups in total. The number of carbonyl (C=O) groups excluding carboxylic acids is 1. The molecule has 0 radical (unpaired) electrons. The summed E-state index contributed by atoms with van der Waals surface area (Å²) in [7, 11) is 3.21. The van der Waals surface area contributed by atoms with E-state index < -0.39 is 0 Å². The van der Waals surface area contributed by atoms with Crippen molar-refractivity contribution in [3.05, 3.63) is 78.1 Å². The first-order valence-corrected chi connectivity index (χ1v) is 11.2. The summed E-state index contributed by atoms with van der Waals surface area (Å²) < 4.78 is 12.7. The topological polar surface area (TPSA) is 93.9 Å². The van der Waals surface area contributed by atoms with Crippen molar-refractivity contribution in [1.82, 2.24) is 24.7 Å². The molecular formula is C25H26N6O3. The standard InChI is InChI=1S/C25H26N6O3/c1-33-18-9-10-21(34-2)17(15-18)16-28-24(32)22-19-7-3-4-13-30(19)23(29-22)20-8-5-14-31(20)25-26-11-6-12-27-25/h3-4,6-7,9-13,15,20H,5,8,14,16H2,1-2H3,(H,28,32). The average Bonchev–Trinajstić information content (AvgIpc) is 3.52. The lowest BCUT2D eigenvalue weighted by molar-refractivity contribution is 0.0947. The Balaban J connectivity index is 1.45. The number of hydrogen-bond donors (Lipinski definition) is 1. The van der Waals surface area contributed by atoms with Crippen molar-refractivity contribution < 1.29 is 14.3 Å². The van der Waals surface area contributed by atoms with E-state index in [1.165, 1.54) is 0 Å². The molecule has 9 nitrogen and oxygen atoms in total. The van der Waals surface area contributed by atoms with E-state index in [2.05, 4.69) is 20.2 Å². The Bertz CT molecular complexity index is 1310. The third-order valence-electron chi connectivity index (χ3n) is 6.08. The van der Waals surface area contributed by atoms with Crippen molar-refractivity contribution in [1.29, 1.82) is 0 Å². The molecule has 4 heterocycles. The minimum atomic E-state index is -0.250. The van der Waals surface area contributed by atoms with Gasteiger partial charge in [0, 0.05) is 37.2 Å². The number of fused-ring (bicyclic) bond motifs is 1. The number of benzene rings is 1. The van der Waals surface area contributed by atoms with E-state index in [0.717, 1.165) is 36.3 Å². The van der Waals surface area contributed by atoms with E-state index in [4.69, 9.17) is 14.5 Å². The number of nitrogens with zero attached hydrogens (tertiary/aromatic N) is 5. The Labute approximate surface area is 197 Å². The van der Waals surface area contributed by atoms with Crippen molar-refractivity contribution in [2.24, 2.45) is 0 Å². The highest BCUT2D eigenvalue weighted by Crippen LogP contribution is 2.34. The molecule has 3 aromatic heterocycles. The Kier molecular flexibility index (Phi) is 5.99. The molecule has 1 saturated heterocycles. The summed E-state index contributed by atoms with van der Waals surface area (Å²) >= 11 is 0. The summed E-state index contributed by atoms with van der Waals surface area (Å²) in [6.45, 7) is 1.13. The molecule has 0 spiro atoms. The number of hydrogen-bond acceptors (Lipinski definition) is 7. The summed E-state index contributed by atoms with van der Waals surface area (Å²) in [5, 5.41) is 2.99. The van der Waals surface area contributed by atoms with Crippen molar-refractivity contribution in [3.63, 3.8) is 0 Å². The second kappa shape index (κ2) is 9.38. The van der Waals surface area contributed by atoms with Crippen LogP contribution in [0.15, 0.2) is 61.1 Å². The summed E-state index contributed by atoms with van der Waals surface area (Å²) in [5.74, 6) is 2.61. The zero-order valence-electron chi connectivity index (χ0n) is 19.1. The van der Waals surface area contributed by atoms with Gasteiger partial charge < -0.3 is 24.1 Å². The first-order valence-electron chi connectivity index (χ1n) is 11.2. The highest BCUT2D eigenvalue weighted by Gasteiger charge is 2.32. The second-order valence-corrected chi connectivity index (χ2v) is 8.04. The predicted molar refractivity (Wildman–Crippen MR) is 127 cm³/mol. The van der Waals surface area contributed by atoms with Gasteiger partial charge in [-0.2, -0.15) is 0 Å². The third kappa shape index (κ3) is 4.00. The van der Waals surface area contributed by atoms with Gasteiger partial charge in [0.05, 0.1) is 25.8 Å². The normalized spacial score (nSPS) is 15.5. The van der Waals surface area contributed by atoms with Crippen LogP contribution in [0.3, 0.4) is 0 Å². The molecule has 0 aliphatic carbocycles. The van der Waals surface area contributed by atoms with Crippen LogP contribution in [-0.2, 0) is 6.54 Å². The van der Waals surface area contributed by atoms with Gasteiger partial charge in [0.1, 0.15) is 17.3 Å². The summed E-state index contributed by atoms with van der Waals surface area (Å²) in [5.41, 5.74) is 1.97. The van der Waals surface area contributed by atoms with Crippen LogP contribution in [0.4, 0.5) is 5.95 Å². The lowest BCUT2D eigenvalue weighted by Gasteiger charge is -2.23. The maximum Gasteiger partial charge on any atom is 0.272 e. The molecule has 34 heavy (non-hydrogen) atoms. The number of imidazole rings is 1. The lowest BCUT2D eigenvalue weighted by Crippen LogP contribution is -2.26. The largest absolute Gasteiger partial charge is 0.497 e. The number of ether oxygens (including phenoxy) is 2. The minimum Gasteiger partial charge on any atom is -0.497 e. The molecule has 1 aliphatic rings. The van der Waals surface area contributed by atoms with Crippen molar-refractivity contribution in [2.75, 3.05) is 25.7 Å². The number of carbonyl (C=O) groups is 1. The third-order valence-corrected chi connectivity index (χ3v) is 6.08. The maximum absolute atomic E-state index is 13.3. The molecule has 0 bridgehead atoms. The van der Waals surface area contributed by atoms with Crippen LogP contribution in [0, 0.1) is 0 Å². The fourth-order valence-corrected chi connectivity index (χ4v) is 4.46. The molecule has 1 aliphatic heterocycles. The van der Waals surface area contributed by atoms with E-state index in [0.29, 0.717) is 23.1 Å². The lowest BCUT2D eigenvalue weighted by atomic mass is 10.2. The summed E-state index contributed by atoms with van der Waals surface area (Å²) in [4.78, 5) is 29.1. The predicted octanol–water partition coefficient (Wildman–Crippen LogP) is 3.41. The maximum atomic E-state index is 13.3. The van der Waals surface area contributed by atoms with Crippen molar-refractivity contribution in [3.8, 4) is 11.5 Å². The molecule has 9 heteroatoms. The van der Waals surface area contributed by atoms with Crippen molar-refractivity contribution >= 4 is 17.4 Å². The number of pyridine rings is 1. The number of aromatic nitrogens is 4. The smallest absolute Gasteiger partial charge is 0.272 e. The van der Waals surface area contributed by atoms with Gasteiger partial charge in [0.15, 0.2) is 5.69 Å². The number of nitrogens with one attached hydrogen (secondary N) is 1. The molecule has 1 amide bonds. The molecule has 1 aromatic carbocycles. The summed E-state index contributed by atoms with van der Waals surface area (Å²) in [6.07, 6.45) is 7.35. The van der Waals surface area contributed by atoms with E-state index in [1.807, 2.05) is 47.0 Å². The van der Waals surface area contributed by atoms with Crippen LogP contribution in [0.1, 0.15) is 40.8 Å². The van der Waals surface area contributed by atoms with Crippen LogP contribution >= 0.6 is 0 Å². The quantitative estimate of drug-likeness (QED) is 0.454. The Morgan fingerprint density at radius 3 is 2.76 bits per heavy atom. The molecule has 1 atom stereocenters. The van der Waals surface area contributed by atoms with Crippen LogP contribution in [0.2, 0.25) is 0 Å². The summed E-state index contributed by atoms with van der Waals surface area (Å²) in [6, 6.07) is 13.1. The number of amides is 1. The zero-order valence-corrected chi connectivity index (χ0v) is 19.1. The van der Waals surface area contributed by atoms with Crippen LogP contribution in [0.25, 0.3) is 5.52 Å². The van der Waals surface area contributed by atoms with Gasteiger partial charge in [-0.15, -0.1) is 0 Å². The molecule has 1 fully saturated rings. The molecular weight excluding hydrogens is 432 g/mol. The van der Waals surface area contributed by atoms with E-state index in [1.54, 1.807) is 32.7 Å². The molecule has 4 aromatic rings. The average molecular weight is 459 g/mol. The monoisotopic (exact) mass is 458 g/mol. The first kappa shape index (κ1) is 21.7. The van der Waals surface area contributed by atoms with E-state index in [9.17, 15) is 4.79 Å². The first-order chi connectivity index (χ1) is 16.7. The van der Waals surface area contributed by atoms with Gasteiger partial charge in [-0.3, -0.25) is 4.79 Å². The zero-order chi connectivity index (χ0) is 23.5. The number of methoxy groups -OCH3 is 2. The van der Waals surface area contributed by atoms with Gasteiger partial charge in [-0.1, -0.05) is 6.07 Å². The number of anilines is 1. The SMILES string of the molecule is COc1ccc(OC)c(CNC(=O)c2nc(C3CCCN3c3ncccn3)n3ccccc23)c1. The van der Waals surface area contributed by atoms with Gasteiger partial charge in [0.25, 0.3) is 5.91 Å². The Hall–Kier alpha value is -4.14. The van der Waals surface area contributed by atoms with Gasteiger partial charge >= 0.3 is 0 Å². The highest BCUT2D eigenvalue weighted by molar-refractivity contribution is 5.99. The Morgan fingerprint density at radius 1 is 1.12 bits per heavy atom. The van der Waals surface area contributed by atoms with Crippen molar-refractivity contribution in [2.45, 2.75) is 25.4 Å². The molecule has 0 saturated carbocycles. The molecule has 1 unspecified atom stereocenters. The Morgan fingerprint density at radius 2 is 1.97 bits per heavy atom. The highest BCUT2D eigenvalue weighted by atomic mass is 16.5. The second-order valence-electron chi connectivity index (χ2n) is 8.04. The van der Waals surface area contributed by atoms with Crippen LogP contribution in [0.5, 0.6) is 11.5 Å². The van der Waals surface area contributed by atoms with E-state index >= 15 is 0 Å². The fraction of sp³-hybridized carbons (Fsp3) is 0.280. The molecule has 174 valence electrons. The minimum absolute atomic E-state index is 0.0164. The fourth-order valence-electron chi connectivity index (χ4n) is 4.46. The number of rotatable bonds is 7. The van der Waals surface area contributed by atoms with E-state index in [-0.39, 0.29) is 18.5 Å². The molecule has 5 rings (SSSR count).